The van der Waals surface area contributed by atoms with E-state index in [0.29, 0.717) is 35.3 Å². The number of hydrogen-bond acceptors (Lipinski definition) is 6. The molecule has 0 radical (unpaired) electrons. The quantitative estimate of drug-likeness (QED) is 0.331. The predicted molar refractivity (Wildman–Crippen MR) is 130 cm³/mol. The van der Waals surface area contributed by atoms with Crippen molar-refractivity contribution in [1.82, 2.24) is 4.98 Å². The Balaban J connectivity index is 1.40. The molecule has 4 aromatic rings. The normalized spacial score (nSPS) is 10.8. The van der Waals surface area contributed by atoms with Gasteiger partial charge >= 0.3 is 0 Å². The van der Waals surface area contributed by atoms with Crippen LogP contribution < -0.4 is 19.5 Å². The Morgan fingerprint density at radius 3 is 2.53 bits per heavy atom. The van der Waals surface area contributed by atoms with Crippen LogP contribution >= 0.6 is 0 Å². The van der Waals surface area contributed by atoms with Gasteiger partial charge in [-0.25, -0.2) is 4.98 Å². The summed E-state index contributed by atoms with van der Waals surface area (Å²) >= 11 is 0. The van der Waals surface area contributed by atoms with Crippen molar-refractivity contribution in [2.75, 3.05) is 19.5 Å². The fraction of sp³-hybridized carbons (Fsp3) is 0.111. The number of nitrogens with zero attached hydrogens (tertiary/aromatic N) is 1. The van der Waals surface area contributed by atoms with E-state index < -0.39 is 0 Å². The Hall–Kier alpha value is -4.52. The van der Waals surface area contributed by atoms with Gasteiger partial charge in [-0.15, -0.1) is 0 Å². The third kappa shape index (κ3) is 5.63. The van der Waals surface area contributed by atoms with Crippen LogP contribution in [0.3, 0.4) is 0 Å². The summed E-state index contributed by atoms with van der Waals surface area (Å²) < 4.78 is 22.1. The van der Waals surface area contributed by atoms with Gasteiger partial charge in [-0.2, -0.15) is 0 Å². The van der Waals surface area contributed by atoms with Crippen molar-refractivity contribution in [3.05, 3.63) is 96.5 Å². The fourth-order valence-corrected chi connectivity index (χ4v) is 3.32. The number of methoxy groups -OCH3 is 2. The summed E-state index contributed by atoms with van der Waals surface area (Å²) in [4.78, 5) is 16.4. The third-order valence-electron chi connectivity index (χ3n) is 5.02. The predicted octanol–water partition coefficient (Wildman–Crippen LogP) is 5.59. The number of amides is 1. The van der Waals surface area contributed by atoms with Crippen LogP contribution in [0.2, 0.25) is 0 Å². The van der Waals surface area contributed by atoms with Crippen LogP contribution in [0, 0.1) is 0 Å². The molecule has 0 unspecified atom stereocenters. The van der Waals surface area contributed by atoms with Crippen molar-refractivity contribution < 1.29 is 23.4 Å². The zero-order valence-electron chi connectivity index (χ0n) is 18.9. The Morgan fingerprint density at radius 1 is 0.971 bits per heavy atom. The highest BCUT2D eigenvalue weighted by Gasteiger charge is 2.11. The van der Waals surface area contributed by atoms with Crippen molar-refractivity contribution in [2.24, 2.45) is 0 Å². The fourth-order valence-electron chi connectivity index (χ4n) is 3.32. The number of oxazole rings is 1. The van der Waals surface area contributed by atoms with Crippen LogP contribution in [0.25, 0.3) is 17.4 Å². The second-order valence-electron chi connectivity index (χ2n) is 7.29. The number of anilines is 1. The molecule has 1 amide bonds. The van der Waals surface area contributed by atoms with Crippen molar-refractivity contribution >= 4 is 17.7 Å². The zero-order valence-corrected chi connectivity index (χ0v) is 18.9. The molecule has 0 aliphatic carbocycles. The van der Waals surface area contributed by atoms with Gasteiger partial charge in [-0.05, 0) is 41.5 Å². The molecule has 0 aliphatic heterocycles. The molecular formula is C27H24N2O5. The van der Waals surface area contributed by atoms with E-state index in [0.717, 1.165) is 16.7 Å². The highest BCUT2D eigenvalue weighted by molar-refractivity contribution is 6.02. The lowest BCUT2D eigenvalue weighted by molar-refractivity contribution is -0.111. The summed E-state index contributed by atoms with van der Waals surface area (Å²) in [7, 11) is 3.14. The summed E-state index contributed by atoms with van der Waals surface area (Å²) in [6.45, 7) is 0.438. The number of benzene rings is 3. The maximum Gasteiger partial charge on any atom is 0.248 e. The highest BCUT2D eigenvalue weighted by atomic mass is 16.5. The minimum Gasteiger partial charge on any atom is -0.496 e. The molecule has 34 heavy (non-hydrogen) atoms. The second kappa shape index (κ2) is 10.9. The van der Waals surface area contributed by atoms with Gasteiger partial charge < -0.3 is 23.9 Å². The molecule has 0 atom stereocenters. The first kappa shape index (κ1) is 22.7. The Kier molecular flexibility index (Phi) is 7.25. The molecule has 3 aromatic carbocycles. The molecule has 0 saturated heterocycles. The number of carbonyl (C=O) groups is 1. The molecule has 0 aliphatic rings. The van der Waals surface area contributed by atoms with Gasteiger partial charge in [-0.1, -0.05) is 36.4 Å². The molecule has 0 fully saturated rings. The lowest BCUT2D eigenvalue weighted by Crippen LogP contribution is -2.08. The minimum absolute atomic E-state index is 0.280. The molecule has 1 N–H and O–H groups in total. The van der Waals surface area contributed by atoms with E-state index in [4.69, 9.17) is 18.6 Å². The molecule has 4 rings (SSSR count). The molecule has 1 aromatic heterocycles. The largest absolute Gasteiger partial charge is 0.496 e. The number of nitrogens with one attached hydrogen (secondary N) is 1. The second-order valence-corrected chi connectivity index (χ2v) is 7.29. The van der Waals surface area contributed by atoms with E-state index in [9.17, 15) is 4.79 Å². The molecule has 0 saturated carbocycles. The van der Waals surface area contributed by atoms with Crippen LogP contribution in [0.4, 0.5) is 5.69 Å². The first-order valence-electron chi connectivity index (χ1n) is 10.6. The Morgan fingerprint density at radius 2 is 1.79 bits per heavy atom. The van der Waals surface area contributed by atoms with Crippen molar-refractivity contribution in [1.29, 1.82) is 0 Å². The smallest absolute Gasteiger partial charge is 0.248 e. The average molecular weight is 456 g/mol. The van der Waals surface area contributed by atoms with Gasteiger partial charge in [0, 0.05) is 17.8 Å². The number of hydrogen-bond donors (Lipinski definition) is 1. The minimum atomic E-state index is -0.280. The molecule has 0 spiro atoms. The molecular weight excluding hydrogens is 432 g/mol. The van der Waals surface area contributed by atoms with Crippen molar-refractivity contribution in [2.45, 2.75) is 6.61 Å². The van der Waals surface area contributed by atoms with Crippen LogP contribution in [-0.2, 0) is 11.4 Å². The van der Waals surface area contributed by atoms with Crippen LogP contribution in [0.15, 0.2) is 89.8 Å². The highest BCUT2D eigenvalue weighted by Crippen LogP contribution is 2.32. The number of aromatic nitrogens is 1. The van der Waals surface area contributed by atoms with Gasteiger partial charge in [0.25, 0.3) is 0 Å². The molecule has 0 bridgehead atoms. The van der Waals surface area contributed by atoms with Crippen molar-refractivity contribution in [3.8, 4) is 28.6 Å². The standard InChI is InChI=1S/C27H24N2O5/c1-31-24-15-21(10-11-22(24)26-16-28-18-34-26)29-27(30)13-9-19-8-12-23(25(14-19)32-2)33-17-20-6-4-3-5-7-20/h3-16,18H,17H2,1-2H3,(H,29,30)/b13-9+. The third-order valence-corrected chi connectivity index (χ3v) is 5.02. The van der Waals surface area contributed by atoms with Gasteiger partial charge in [0.2, 0.25) is 5.91 Å². The number of ether oxygens (including phenoxy) is 3. The maximum atomic E-state index is 12.5. The summed E-state index contributed by atoms with van der Waals surface area (Å²) in [6, 6.07) is 20.7. The maximum absolute atomic E-state index is 12.5. The zero-order chi connectivity index (χ0) is 23.8. The summed E-state index contributed by atoms with van der Waals surface area (Å²) in [6.07, 6.45) is 6.12. The topological polar surface area (TPSA) is 82.8 Å². The summed E-state index contributed by atoms with van der Waals surface area (Å²) in [5.74, 6) is 2.09. The van der Waals surface area contributed by atoms with E-state index in [1.54, 1.807) is 44.7 Å². The van der Waals surface area contributed by atoms with Gasteiger partial charge in [0.15, 0.2) is 23.7 Å². The van der Waals surface area contributed by atoms with Crippen LogP contribution in [-0.4, -0.2) is 25.1 Å². The summed E-state index contributed by atoms with van der Waals surface area (Å²) in [5, 5.41) is 2.83. The van der Waals surface area contributed by atoms with E-state index in [2.05, 4.69) is 10.3 Å². The first-order chi connectivity index (χ1) is 16.7. The Bertz CT molecular complexity index is 1270. The summed E-state index contributed by atoms with van der Waals surface area (Å²) in [5.41, 5.74) is 3.21. The van der Waals surface area contributed by atoms with E-state index in [1.165, 1.54) is 12.5 Å². The Labute approximate surface area is 197 Å². The average Bonchev–Trinajstić information content (AvgIpc) is 3.42. The van der Waals surface area contributed by atoms with Crippen molar-refractivity contribution in [3.63, 3.8) is 0 Å². The van der Waals surface area contributed by atoms with Gasteiger partial charge in [-0.3, -0.25) is 4.79 Å². The molecule has 7 nitrogen and oxygen atoms in total. The molecule has 1 heterocycles. The van der Waals surface area contributed by atoms with Crippen LogP contribution in [0.1, 0.15) is 11.1 Å². The van der Waals surface area contributed by atoms with Crippen LogP contribution in [0.5, 0.6) is 17.2 Å². The lowest BCUT2D eigenvalue weighted by Gasteiger charge is -2.11. The van der Waals surface area contributed by atoms with E-state index in [-0.39, 0.29) is 5.91 Å². The lowest BCUT2D eigenvalue weighted by atomic mass is 10.1. The number of rotatable bonds is 9. The number of carbonyl (C=O) groups excluding carboxylic acids is 1. The monoisotopic (exact) mass is 456 g/mol. The molecule has 172 valence electrons. The van der Waals surface area contributed by atoms with E-state index in [1.807, 2.05) is 48.5 Å². The SMILES string of the molecule is COc1cc(/C=C/C(=O)Nc2ccc(-c3cnco3)c(OC)c2)ccc1OCc1ccccc1. The molecule has 7 heteroatoms. The van der Waals surface area contributed by atoms with Gasteiger partial charge in [0.05, 0.1) is 26.0 Å². The van der Waals surface area contributed by atoms with E-state index >= 15 is 0 Å². The first-order valence-corrected chi connectivity index (χ1v) is 10.6. The van der Waals surface area contributed by atoms with Gasteiger partial charge in [0.1, 0.15) is 12.4 Å².